The molecule has 8 heavy (non-hydrogen) atoms. The molecule has 0 aromatic carbocycles. The van der Waals surface area contributed by atoms with E-state index < -0.39 is 0 Å². The molecule has 0 radical (unpaired) electrons. The van der Waals surface area contributed by atoms with E-state index >= 15 is 0 Å². The SMILES string of the molecule is ClC1(Cl)[C@@H]2CCC[C@H]21. The molecular formula is C6H8Cl2. The van der Waals surface area contributed by atoms with Crippen LogP contribution < -0.4 is 0 Å². The van der Waals surface area contributed by atoms with Gasteiger partial charge in [-0.25, -0.2) is 0 Å². The Kier molecular flexibility index (Phi) is 0.908. The van der Waals surface area contributed by atoms with Crippen LogP contribution in [0.15, 0.2) is 0 Å². The molecule has 0 bridgehead atoms. The Morgan fingerprint density at radius 1 is 1.12 bits per heavy atom. The summed E-state index contributed by atoms with van der Waals surface area (Å²) < 4.78 is -0.293. The zero-order chi connectivity index (χ0) is 5.78. The molecule has 0 N–H and O–H groups in total. The van der Waals surface area contributed by atoms with Gasteiger partial charge in [-0.15, -0.1) is 23.2 Å². The number of rotatable bonds is 0. The fourth-order valence-electron chi connectivity index (χ4n) is 1.81. The highest BCUT2D eigenvalue weighted by Crippen LogP contribution is 2.66. The lowest BCUT2D eigenvalue weighted by Crippen LogP contribution is -1.94. The molecule has 0 heterocycles. The average molecular weight is 151 g/mol. The van der Waals surface area contributed by atoms with Crippen molar-refractivity contribution in [1.82, 2.24) is 0 Å². The molecule has 2 fully saturated rings. The van der Waals surface area contributed by atoms with Crippen LogP contribution in [0.25, 0.3) is 0 Å². The van der Waals surface area contributed by atoms with Crippen LogP contribution in [0.4, 0.5) is 0 Å². The van der Waals surface area contributed by atoms with Crippen molar-refractivity contribution in [3.63, 3.8) is 0 Å². The lowest BCUT2D eigenvalue weighted by Gasteiger charge is -1.99. The van der Waals surface area contributed by atoms with Gasteiger partial charge in [-0.3, -0.25) is 0 Å². The lowest BCUT2D eigenvalue weighted by molar-refractivity contribution is 0.715. The van der Waals surface area contributed by atoms with Gasteiger partial charge in [0, 0.05) is 0 Å². The molecule has 2 aliphatic carbocycles. The summed E-state index contributed by atoms with van der Waals surface area (Å²) in [7, 11) is 0. The molecule has 0 aromatic heterocycles. The minimum Gasteiger partial charge on any atom is -0.101 e. The molecule has 2 heteroatoms. The van der Waals surface area contributed by atoms with Crippen molar-refractivity contribution in [1.29, 1.82) is 0 Å². The molecule has 2 rings (SSSR count). The molecule has 0 aliphatic heterocycles. The fraction of sp³-hybridized carbons (Fsp3) is 1.00. The van der Waals surface area contributed by atoms with Gasteiger partial charge in [-0.05, 0) is 24.7 Å². The van der Waals surface area contributed by atoms with Crippen LogP contribution in [-0.4, -0.2) is 4.33 Å². The van der Waals surface area contributed by atoms with Gasteiger partial charge in [-0.1, -0.05) is 6.42 Å². The predicted molar refractivity (Wildman–Crippen MR) is 35.3 cm³/mol. The third kappa shape index (κ3) is 0.484. The summed E-state index contributed by atoms with van der Waals surface area (Å²) in [6.07, 6.45) is 3.87. The van der Waals surface area contributed by atoms with Crippen molar-refractivity contribution >= 4 is 23.2 Å². The number of fused-ring (bicyclic) bond motifs is 1. The Morgan fingerprint density at radius 2 is 1.62 bits per heavy atom. The molecule has 46 valence electrons. The first kappa shape index (κ1) is 5.37. The largest absolute Gasteiger partial charge is 0.124 e. The summed E-state index contributed by atoms with van der Waals surface area (Å²) >= 11 is 11.7. The molecule has 0 spiro atoms. The zero-order valence-corrected chi connectivity index (χ0v) is 6.04. The van der Waals surface area contributed by atoms with Crippen LogP contribution in [0.3, 0.4) is 0 Å². The molecule has 0 amide bonds. The maximum absolute atomic E-state index is 5.87. The van der Waals surface area contributed by atoms with E-state index in [1.165, 1.54) is 19.3 Å². The van der Waals surface area contributed by atoms with E-state index in [1.54, 1.807) is 0 Å². The van der Waals surface area contributed by atoms with Crippen LogP contribution in [0.2, 0.25) is 0 Å². The highest BCUT2D eigenvalue weighted by atomic mass is 35.5. The topological polar surface area (TPSA) is 0 Å². The Balaban J connectivity index is 2.13. The standard InChI is InChI=1S/C6H8Cl2/c7-6(8)4-2-1-3-5(4)6/h4-5H,1-3H2/t4-,5-/m1/s1. The van der Waals surface area contributed by atoms with E-state index in [0.717, 1.165) is 0 Å². The van der Waals surface area contributed by atoms with E-state index in [9.17, 15) is 0 Å². The maximum atomic E-state index is 5.87. The van der Waals surface area contributed by atoms with Crippen LogP contribution in [0, 0.1) is 11.8 Å². The van der Waals surface area contributed by atoms with Crippen LogP contribution in [0.5, 0.6) is 0 Å². The van der Waals surface area contributed by atoms with Crippen molar-refractivity contribution in [3.8, 4) is 0 Å². The van der Waals surface area contributed by atoms with Gasteiger partial charge in [0.1, 0.15) is 4.33 Å². The Morgan fingerprint density at radius 3 is 1.88 bits per heavy atom. The normalized spacial score (nSPS) is 48.8. The zero-order valence-electron chi connectivity index (χ0n) is 4.53. The van der Waals surface area contributed by atoms with E-state index in [1.807, 2.05) is 0 Å². The van der Waals surface area contributed by atoms with Crippen LogP contribution in [0.1, 0.15) is 19.3 Å². The van der Waals surface area contributed by atoms with Gasteiger partial charge in [0.2, 0.25) is 0 Å². The van der Waals surface area contributed by atoms with E-state index in [2.05, 4.69) is 0 Å². The quantitative estimate of drug-likeness (QED) is 0.466. The predicted octanol–water partition coefficient (Wildman–Crippen LogP) is 2.59. The summed E-state index contributed by atoms with van der Waals surface area (Å²) in [5, 5.41) is 0. The summed E-state index contributed by atoms with van der Waals surface area (Å²) in [5.74, 6) is 1.32. The molecule has 2 saturated carbocycles. The summed E-state index contributed by atoms with van der Waals surface area (Å²) in [4.78, 5) is 0. The molecule has 2 atom stereocenters. The first-order valence-corrected chi connectivity index (χ1v) is 3.86. The van der Waals surface area contributed by atoms with Crippen molar-refractivity contribution in [2.24, 2.45) is 11.8 Å². The average Bonchev–Trinajstić information content (AvgIpc) is 2.22. The molecular weight excluding hydrogens is 143 g/mol. The number of alkyl halides is 2. The van der Waals surface area contributed by atoms with Gasteiger partial charge < -0.3 is 0 Å². The lowest BCUT2D eigenvalue weighted by atomic mass is 10.2. The summed E-state index contributed by atoms with van der Waals surface area (Å²) in [5.41, 5.74) is 0. The minimum absolute atomic E-state index is 0.293. The van der Waals surface area contributed by atoms with E-state index in [0.29, 0.717) is 11.8 Å². The van der Waals surface area contributed by atoms with Gasteiger partial charge in [0.25, 0.3) is 0 Å². The molecule has 0 unspecified atom stereocenters. The van der Waals surface area contributed by atoms with Crippen molar-refractivity contribution in [3.05, 3.63) is 0 Å². The molecule has 0 nitrogen and oxygen atoms in total. The Bertz CT molecular complexity index is 108. The number of hydrogen-bond donors (Lipinski definition) is 0. The highest BCUT2D eigenvalue weighted by Gasteiger charge is 2.64. The minimum atomic E-state index is -0.293. The van der Waals surface area contributed by atoms with Crippen molar-refractivity contribution < 1.29 is 0 Å². The van der Waals surface area contributed by atoms with Gasteiger partial charge in [0.15, 0.2) is 0 Å². The fourth-order valence-corrected chi connectivity index (χ4v) is 2.72. The second-order valence-corrected chi connectivity index (χ2v) is 4.26. The second-order valence-electron chi connectivity index (χ2n) is 2.82. The smallest absolute Gasteiger partial charge is 0.101 e. The summed E-state index contributed by atoms with van der Waals surface area (Å²) in [6.45, 7) is 0. The number of halogens is 2. The van der Waals surface area contributed by atoms with E-state index in [-0.39, 0.29) is 4.33 Å². The Labute approximate surface area is 59.2 Å². The van der Waals surface area contributed by atoms with Gasteiger partial charge in [0.05, 0.1) is 0 Å². The number of hydrogen-bond acceptors (Lipinski definition) is 0. The Hall–Kier alpha value is 0.580. The maximum Gasteiger partial charge on any atom is 0.124 e. The third-order valence-electron chi connectivity index (χ3n) is 2.40. The monoisotopic (exact) mass is 150 g/mol. The first-order chi connectivity index (χ1) is 3.73. The molecule has 0 saturated heterocycles. The van der Waals surface area contributed by atoms with Crippen LogP contribution >= 0.6 is 23.2 Å². The second kappa shape index (κ2) is 1.35. The third-order valence-corrected chi connectivity index (χ3v) is 3.52. The van der Waals surface area contributed by atoms with Gasteiger partial charge >= 0.3 is 0 Å². The van der Waals surface area contributed by atoms with E-state index in [4.69, 9.17) is 23.2 Å². The molecule has 0 aromatic rings. The highest BCUT2D eigenvalue weighted by molar-refractivity contribution is 6.51. The summed E-state index contributed by atoms with van der Waals surface area (Å²) in [6, 6.07) is 0. The van der Waals surface area contributed by atoms with Crippen molar-refractivity contribution in [2.75, 3.05) is 0 Å². The van der Waals surface area contributed by atoms with Crippen LogP contribution in [-0.2, 0) is 0 Å². The molecule has 2 aliphatic rings. The van der Waals surface area contributed by atoms with Crippen molar-refractivity contribution in [2.45, 2.75) is 23.6 Å². The first-order valence-electron chi connectivity index (χ1n) is 3.11. The van der Waals surface area contributed by atoms with Gasteiger partial charge in [-0.2, -0.15) is 0 Å².